The number of methoxy groups -OCH3 is 1. The van der Waals surface area contributed by atoms with Gasteiger partial charge >= 0.3 is 0 Å². The first-order valence-electron chi connectivity index (χ1n) is 7.66. The van der Waals surface area contributed by atoms with Gasteiger partial charge in [-0.2, -0.15) is 0 Å². The molecule has 0 aliphatic carbocycles. The lowest BCUT2D eigenvalue weighted by Crippen LogP contribution is -2.46. The van der Waals surface area contributed by atoms with Gasteiger partial charge in [-0.05, 0) is 38.2 Å². The summed E-state index contributed by atoms with van der Waals surface area (Å²) in [5, 5.41) is 4.52. The quantitative estimate of drug-likeness (QED) is 0.801. The lowest BCUT2D eigenvalue weighted by Gasteiger charge is -2.34. The molecule has 1 aliphatic rings. The van der Waals surface area contributed by atoms with E-state index in [4.69, 9.17) is 26.1 Å². The average Bonchev–Trinajstić information content (AvgIpc) is 2.87. The zero-order chi connectivity index (χ0) is 16.4. The van der Waals surface area contributed by atoms with Gasteiger partial charge in [-0.3, -0.25) is 4.90 Å². The highest BCUT2D eigenvalue weighted by Gasteiger charge is 2.23. The summed E-state index contributed by atoms with van der Waals surface area (Å²) in [7, 11) is 1.63. The first-order chi connectivity index (χ1) is 11.1. The van der Waals surface area contributed by atoms with Crippen LogP contribution in [0.4, 0.5) is 0 Å². The molecule has 3 rings (SSSR count). The molecule has 0 amide bonds. The second-order valence-electron chi connectivity index (χ2n) is 5.81. The van der Waals surface area contributed by atoms with Crippen LogP contribution in [0.15, 0.2) is 28.7 Å². The van der Waals surface area contributed by atoms with E-state index in [9.17, 15) is 0 Å². The third-order valence-electron chi connectivity index (χ3n) is 3.77. The maximum atomic E-state index is 5.75. The normalized spacial score (nSPS) is 22.2. The van der Waals surface area contributed by atoms with E-state index in [-0.39, 0.29) is 12.2 Å². The number of rotatable bonds is 4. The monoisotopic (exact) mass is 335 g/mol. The van der Waals surface area contributed by atoms with E-state index in [1.165, 1.54) is 0 Å². The Morgan fingerprint density at radius 2 is 1.96 bits per heavy atom. The fraction of sp³-hybridized carbons (Fsp3) is 0.500. The van der Waals surface area contributed by atoms with Crippen LogP contribution >= 0.6 is 12.2 Å². The molecule has 6 nitrogen and oxygen atoms in total. The number of ether oxygens (including phenoxy) is 2. The summed E-state index contributed by atoms with van der Waals surface area (Å²) in [6.07, 6.45) is 0.405. The van der Waals surface area contributed by atoms with Gasteiger partial charge in [-0.1, -0.05) is 12.1 Å². The van der Waals surface area contributed by atoms with Crippen molar-refractivity contribution < 1.29 is 13.9 Å². The van der Waals surface area contributed by atoms with Crippen molar-refractivity contribution in [3.63, 3.8) is 0 Å². The van der Waals surface area contributed by atoms with Gasteiger partial charge in [-0.15, -0.1) is 5.10 Å². The van der Waals surface area contributed by atoms with Crippen molar-refractivity contribution in [2.45, 2.75) is 32.7 Å². The number of benzene rings is 1. The van der Waals surface area contributed by atoms with E-state index >= 15 is 0 Å². The predicted molar refractivity (Wildman–Crippen MR) is 88.9 cm³/mol. The van der Waals surface area contributed by atoms with Gasteiger partial charge in [0.05, 0.1) is 31.5 Å². The Bertz CT molecular complexity index is 717. The van der Waals surface area contributed by atoms with E-state index in [2.05, 4.69) is 23.8 Å². The maximum Gasteiger partial charge on any atom is 0.288 e. The fourth-order valence-corrected chi connectivity index (χ4v) is 3.09. The molecule has 2 atom stereocenters. The highest BCUT2D eigenvalue weighted by Crippen LogP contribution is 2.28. The van der Waals surface area contributed by atoms with Crippen LogP contribution in [0, 0.1) is 4.84 Å². The van der Waals surface area contributed by atoms with Crippen LogP contribution in [0.5, 0.6) is 5.75 Å². The molecule has 1 fully saturated rings. The largest absolute Gasteiger partial charge is 0.496 e. The molecule has 1 aromatic carbocycles. The summed E-state index contributed by atoms with van der Waals surface area (Å²) in [6.45, 7) is 6.44. The van der Waals surface area contributed by atoms with Crippen LogP contribution in [0.1, 0.15) is 13.8 Å². The molecule has 1 saturated heterocycles. The van der Waals surface area contributed by atoms with Crippen molar-refractivity contribution in [3.05, 3.63) is 29.1 Å². The maximum absolute atomic E-state index is 5.75. The molecular formula is C16H21N3O3S. The van der Waals surface area contributed by atoms with Crippen molar-refractivity contribution in [1.29, 1.82) is 0 Å². The molecule has 1 aliphatic heterocycles. The molecule has 7 heteroatoms. The third-order valence-corrected chi connectivity index (χ3v) is 4.07. The first-order valence-corrected chi connectivity index (χ1v) is 8.07. The van der Waals surface area contributed by atoms with Crippen molar-refractivity contribution in [2.24, 2.45) is 0 Å². The van der Waals surface area contributed by atoms with E-state index in [1.807, 2.05) is 24.3 Å². The van der Waals surface area contributed by atoms with E-state index in [0.29, 0.717) is 23.1 Å². The van der Waals surface area contributed by atoms with Crippen molar-refractivity contribution >= 4 is 12.2 Å². The molecule has 0 bridgehead atoms. The number of morpholine rings is 1. The Kier molecular flexibility index (Phi) is 4.79. The summed E-state index contributed by atoms with van der Waals surface area (Å²) in [4.78, 5) is 2.63. The molecule has 0 spiro atoms. The molecule has 0 saturated carbocycles. The van der Waals surface area contributed by atoms with Crippen LogP contribution in [0.3, 0.4) is 0 Å². The SMILES string of the molecule is COc1ccccc1-c1nn(CN2C[C@H](C)O[C@@H](C)C2)c(=S)o1. The van der Waals surface area contributed by atoms with Crippen LogP contribution in [-0.4, -0.2) is 47.1 Å². The Morgan fingerprint density at radius 1 is 1.26 bits per heavy atom. The number of aromatic nitrogens is 2. The molecule has 124 valence electrons. The predicted octanol–water partition coefficient (Wildman–Crippen LogP) is 2.95. The minimum atomic E-state index is 0.202. The van der Waals surface area contributed by atoms with E-state index in [1.54, 1.807) is 11.8 Å². The first kappa shape index (κ1) is 16.2. The smallest absolute Gasteiger partial charge is 0.288 e. The average molecular weight is 335 g/mol. The van der Waals surface area contributed by atoms with Gasteiger partial charge in [0.2, 0.25) is 0 Å². The second-order valence-corrected chi connectivity index (χ2v) is 6.16. The van der Waals surface area contributed by atoms with Gasteiger partial charge in [0.25, 0.3) is 10.7 Å². The highest BCUT2D eigenvalue weighted by molar-refractivity contribution is 7.71. The summed E-state index contributed by atoms with van der Waals surface area (Å²) < 4.78 is 18.5. The Morgan fingerprint density at radius 3 is 2.65 bits per heavy atom. The summed E-state index contributed by atoms with van der Waals surface area (Å²) in [5.74, 6) is 1.19. The third kappa shape index (κ3) is 3.63. The molecule has 0 N–H and O–H groups in total. The lowest BCUT2D eigenvalue weighted by atomic mass is 10.2. The number of hydrogen-bond donors (Lipinski definition) is 0. The van der Waals surface area contributed by atoms with Crippen molar-refractivity contribution in [3.8, 4) is 17.2 Å². The van der Waals surface area contributed by atoms with Crippen LogP contribution in [0.2, 0.25) is 0 Å². The number of para-hydroxylation sites is 1. The Labute approximate surface area is 140 Å². The highest BCUT2D eigenvalue weighted by atomic mass is 32.1. The van der Waals surface area contributed by atoms with Crippen LogP contribution < -0.4 is 4.74 Å². The summed E-state index contributed by atoms with van der Waals surface area (Å²) in [5.41, 5.74) is 0.795. The number of nitrogens with zero attached hydrogens (tertiary/aromatic N) is 3. The minimum absolute atomic E-state index is 0.202. The standard InChI is InChI=1S/C16H21N3O3S/c1-11-8-18(9-12(2)21-11)10-19-16(23)22-15(17-19)13-6-4-5-7-14(13)20-3/h4-7,11-12H,8-10H2,1-3H3/t11-,12-/m0/s1. The van der Waals surface area contributed by atoms with Crippen LogP contribution in [0.25, 0.3) is 11.5 Å². The summed E-state index contributed by atoms with van der Waals surface area (Å²) >= 11 is 5.31. The van der Waals surface area contributed by atoms with E-state index < -0.39 is 0 Å². The van der Waals surface area contributed by atoms with Gasteiger partial charge in [-0.25, -0.2) is 4.68 Å². The zero-order valence-electron chi connectivity index (χ0n) is 13.6. The van der Waals surface area contributed by atoms with E-state index in [0.717, 1.165) is 18.7 Å². The topological polar surface area (TPSA) is 52.7 Å². The Balaban J connectivity index is 1.83. The lowest BCUT2D eigenvalue weighted by molar-refractivity contribution is -0.0778. The number of hydrogen-bond acceptors (Lipinski definition) is 6. The molecular weight excluding hydrogens is 314 g/mol. The van der Waals surface area contributed by atoms with Crippen LogP contribution in [-0.2, 0) is 11.4 Å². The van der Waals surface area contributed by atoms with Gasteiger partial charge < -0.3 is 13.9 Å². The molecule has 2 aromatic rings. The molecule has 2 heterocycles. The molecule has 1 aromatic heterocycles. The fourth-order valence-electron chi connectivity index (χ4n) is 2.92. The van der Waals surface area contributed by atoms with Gasteiger partial charge in [0, 0.05) is 13.1 Å². The zero-order valence-corrected chi connectivity index (χ0v) is 14.4. The van der Waals surface area contributed by atoms with Gasteiger partial charge in [0.1, 0.15) is 5.75 Å². The Hall–Kier alpha value is -1.70. The molecule has 0 radical (unpaired) electrons. The van der Waals surface area contributed by atoms with Crippen molar-refractivity contribution in [1.82, 2.24) is 14.7 Å². The van der Waals surface area contributed by atoms with Gasteiger partial charge in [0.15, 0.2) is 0 Å². The molecule has 0 unspecified atom stereocenters. The minimum Gasteiger partial charge on any atom is -0.496 e. The second kappa shape index (κ2) is 6.82. The van der Waals surface area contributed by atoms with Crippen molar-refractivity contribution in [2.75, 3.05) is 20.2 Å². The summed E-state index contributed by atoms with van der Waals surface area (Å²) in [6, 6.07) is 7.60. The molecule has 23 heavy (non-hydrogen) atoms.